The number of carbonyl (C=O) groups is 3. The number of nitrogens with one attached hydrogen (secondary N) is 1. The molecule has 8 heteroatoms. The van der Waals surface area contributed by atoms with Gasteiger partial charge in [0.05, 0.1) is 12.0 Å². The zero-order valence-electron chi connectivity index (χ0n) is 19.7. The van der Waals surface area contributed by atoms with Gasteiger partial charge in [-0.2, -0.15) is 0 Å². The molecule has 35 heavy (non-hydrogen) atoms. The van der Waals surface area contributed by atoms with Crippen molar-refractivity contribution < 1.29 is 29.0 Å². The van der Waals surface area contributed by atoms with Crippen molar-refractivity contribution >= 4 is 18.0 Å². The van der Waals surface area contributed by atoms with Crippen LogP contribution in [0.25, 0.3) is 11.1 Å². The molecule has 184 valence electrons. The first kappa shape index (κ1) is 23.4. The van der Waals surface area contributed by atoms with Crippen molar-refractivity contribution in [2.45, 2.75) is 31.7 Å². The number of amides is 2. The van der Waals surface area contributed by atoms with Crippen LogP contribution >= 0.6 is 0 Å². The van der Waals surface area contributed by atoms with Crippen molar-refractivity contribution in [3.05, 3.63) is 59.7 Å². The van der Waals surface area contributed by atoms with Gasteiger partial charge in [-0.25, -0.2) is 4.79 Å². The van der Waals surface area contributed by atoms with E-state index in [9.17, 15) is 19.5 Å². The minimum absolute atomic E-state index is 0.0685. The number of fused-ring (bicyclic) bond motifs is 4. The molecule has 3 aliphatic rings. The van der Waals surface area contributed by atoms with E-state index >= 15 is 0 Å². The van der Waals surface area contributed by atoms with Gasteiger partial charge < -0.3 is 24.8 Å². The average molecular weight is 479 g/mol. The molecule has 0 radical (unpaired) electrons. The molecular weight excluding hydrogens is 448 g/mol. The fourth-order valence-electron chi connectivity index (χ4n) is 5.81. The fourth-order valence-corrected chi connectivity index (χ4v) is 5.81. The van der Waals surface area contributed by atoms with Crippen LogP contribution in [0.2, 0.25) is 0 Å². The van der Waals surface area contributed by atoms with Crippen molar-refractivity contribution in [3.8, 4) is 11.1 Å². The van der Waals surface area contributed by atoms with Crippen LogP contribution in [0.4, 0.5) is 4.79 Å². The summed E-state index contributed by atoms with van der Waals surface area (Å²) < 4.78 is 11.1. The Labute approximate surface area is 204 Å². The highest BCUT2D eigenvalue weighted by Crippen LogP contribution is 2.45. The van der Waals surface area contributed by atoms with E-state index < -0.39 is 23.5 Å². The summed E-state index contributed by atoms with van der Waals surface area (Å²) in [5.41, 5.74) is 3.54. The Morgan fingerprint density at radius 1 is 1.14 bits per heavy atom. The van der Waals surface area contributed by atoms with E-state index in [1.54, 1.807) is 4.90 Å². The summed E-state index contributed by atoms with van der Waals surface area (Å²) in [5.74, 6) is -1.49. The summed E-state index contributed by atoms with van der Waals surface area (Å²) in [4.78, 5) is 39.6. The van der Waals surface area contributed by atoms with E-state index in [1.165, 1.54) is 0 Å². The van der Waals surface area contributed by atoms with Crippen LogP contribution < -0.4 is 5.32 Å². The molecule has 2 amide bonds. The number of likely N-dealkylation sites (tertiary alicyclic amines) is 1. The molecule has 2 fully saturated rings. The van der Waals surface area contributed by atoms with Gasteiger partial charge in [-0.1, -0.05) is 55.5 Å². The maximum atomic E-state index is 13.2. The molecule has 2 saturated heterocycles. The van der Waals surface area contributed by atoms with Gasteiger partial charge in [0, 0.05) is 31.5 Å². The molecule has 2 heterocycles. The quantitative estimate of drug-likeness (QED) is 0.660. The lowest BCUT2D eigenvalue weighted by atomic mass is 9.74. The number of carboxylic acid groups (broad SMARTS) is 1. The topological polar surface area (TPSA) is 105 Å². The Kier molecular flexibility index (Phi) is 6.23. The van der Waals surface area contributed by atoms with E-state index in [4.69, 9.17) is 9.47 Å². The monoisotopic (exact) mass is 478 g/mol. The lowest BCUT2D eigenvalue weighted by Crippen LogP contribution is -2.49. The molecule has 8 nitrogen and oxygen atoms in total. The van der Waals surface area contributed by atoms with Gasteiger partial charge in [0.25, 0.3) is 0 Å². The van der Waals surface area contributed by atoms with E-state index in [0.29, 0.717) is 32.6 Å². The molecule has 5 rings (SSSR count). The van der Waals surface area contributed by atoms with Crippen LogP contribution in [0.5, 0.6) is 0 Å². The third-order valence-corrected chi connectivity index (χ3v) is 7.79. The standard InChI is InChI=1S/C27H30N2O6/c1-2-23(24(30)29-13-17-14-34-12-11-27(17,16-29)25(31)32)28-26(33)35-15-22-20-9-5-3-7-18(20)19-8-4-6-10-21(19)22/h3-10,17,22-23H,2,11-16H2,1H3,(H,28,33)(H,31,32)/t17?,23-,27?/m1/s1. The highest BCUT2D eigenvalue weighted by molar-refractivity contribution is 5.87. The van der Waals surface area contributed by atoms with Crippen molar-refractivity contribution in [2.24, 2.45) is 11.3 Å². The van der Waals surface area contributed by atoms with Gasteiger partial charge in [0.1, 0.15) is 12.6 Å². The summed E-state index contributed by atoms with van der Waals surface area (Å²) in [7, 11) is 0. The number of rotatable bonds is 6. The smallest absolute Gasteiger partial charge is 0.407 e. The Hall–Kier alpha value is -3.39. The molecule has 0 saturated carbocycles. The molecule has 0 spiro atoms. The van der Waals surface area contributed by atoms with Gasteiger partial charge in [-0.15, -0.1) is 0 Å². The SMILES string of the molecule is CC[C@@H](NC(=O)OCC1c2ccccc2-c2ccccc21)C(=O)N1CC2COCCC2(C(=O)O)C1. The van der Waals surface area contributed by atoms with Gasteiger partial charge in [-0.05, 0) is 35.1 Å². The van der Waals surface area contributed by atoms with Crippen molar-refractivity contribution in [1.82, 2.24) is 10.2 Å². The van der Waals surface area contributed by atoms with E-state index in [0.717, 1.165) is 22.3 Å². The summed E-state index contributed by atoms with van der Waals surface area (Å²) in [6.45, 7) is 3.13. The highest BCUT2D eigenvalue weighted by atomic mass is 16.5. The zero-order valence-corrected chi connectivity index (χ0v) is 19.7. The van der Waals surface area contributed by atoms with Crippen molar-refractivity contribution in [3.63, 3.8) is 0 Å². The number of hydrogen-bond acceptors (Lipinski definition) is 5. The molecule has 2 N–H and O–H groups in total. The molecule has 0 bridgehead atoms. The number of carboxylic acids is 1. The number of alkyl carbamates (subject to hydrolysis) is 1. The molecule has 2 aliphatic heterocycles. The normalized spacial score (nSPS) is 23.7. The number of hydrogen-bond donors (Lipinski definition) is 2. The Bertz CT molecular complexity index is 1100. The second kappa shape index (κ2) is 9.34. The Balaban J connectivity index is 1.23. The number of ether oxygens (including phenoxy) is 2. The summed E-state index contributed by atoms with van der Waals surface area (Å²) in [6, 6.07) is 15.4. The lowest BCUT2D eigenvalue weighted by Gasteiger charge is -2.33. The lowest BCUT2D eigenvalue weighted by molar-refractivity contribution is -0.157. The summed E-state index contributed by atoms with van der Waals surface area (Å²) in [5, 5.41) is 12.6. The van der Waals surface area contributed by atoms with Crippen LogP contribution in [0.1, 0.15) is 36.8 Å². The summed E-state index contributed by atoms with van der Waals surface area (Å²) in [6.07, 6.45) is 0.105. The Morgan fingerprint density at radius 2 is 1.80 bits per heavy atom. The highest BCUT2D eigenvalue weighted by Gasteiger charge is 2.55. The zero-order chi connectivity index (χ0) is 24.6. The molecule has 2 aromatic rings. The van der Waals surface area contributed by atoms with E-state index in [2.05, 4.69) is 29.6 Å². The van der Waals surface area contributed by atoms with Crippen molar-refractivity contribution in [1.29, 1.82) is 0 Å². The maximum Gasteiger partial charge on any atom is 0.407 e. The minimum Gasteiger partial charge on any atom is -0.481 e. The van der Waals surface area contributed by atoms with Gasteiger partial charge >= 0.3 is 12.1 Å². The van der Waals surface area contributed by atoms with Crippen LogP contribution in [0, 0.1) is 11.3 Å². The van der Waals surface area contributed by atoms with Crippen LogP contribution in [-0.2, 0) is 19.1 Å². The maximum absolute atomic E-state index is 13.2. The second-order valence-electron chi connectivity index (χ2n) is 9.63. The number of aliphatic carboxylic acids is 1. The third-order valence-electron chi connectivity index (χ3n) is 7.79. The van der Waals surface area contributed by atoms with Crippen LogP contribution in [0.15, 0.2) is 48.5 Å². The number of nitrogens with zero attached hydrogens (tertiary/aromatic N) is 1. The number of benzene rings is 2. The molecule has 3 atom stereocenters. The minimum atomic E-state index is -0.976. The van der Waals surface area contributed by atoms with Gasteiger partial charge in [0.15, 0.2) is 0 Å². The molecule has 0 aromatic heterocycles. The first-order chi connectivity index (χ1) is 16.9. The predicted octanol–water partition coefficient (Wildman–Crippen LogP) is 3.25. The summed E-state index contributed by atoms with van der Waals surface area (Å²) >= 11 is 0. The first-order valence-corrected chi connectivity index (χ1v) is 12.2. The van der Waals surface area contributed by atoms with Crippen molar-refractivity contribution in [2.75, 3.05) is 32.9 Å². The largest absolute Gasteiger partial charge is 0.481 e. The fraction of sp³-hybridized carbons (Fsp3) is 0.444. The van der Waals surface area contributed by atoms with Crippen LogP contribution in [0.3, 0.4) is 0 Å². The third kappa shape index (κ3) is 4.05. The van der Waals surface area contributed by atoms with Crippen LogP contribution in [-0.4, -0.2) is 66.9 Å². The molecule has 2 unspecified atom stereocenters. The van der Waals surface area contributed by atoms with E-state index in [-0.39, 0.29) is 30.9 Å². The van der Waals surface area contributed by atoms with Gasteiger partial charge in [0.2, 0.25) is 5.91 Å². The second-order valence-corrected chi connectivity index (χ2v) is 9.63. The molecular formula is C27H30N2O6. The molecule has 2 aromatic carbocycles. The van der Waals surface area contributed by atoms with E-state index in [1.807, 2.05) is 31.2 Å². The Morgan fingerprint density at radius 3 is 2.40 bits per heavy atom. The first-order valence-electron chi connectivity index (χ1n) is 12.2. The number of carbonyl (C=O) groups excluding carboxylic acids is 2. The molecule has 1 aliphatic carbocycles. The van der Waals surface area contributed by atoms with Gasteiger partial charge in [-0.3, -0.25) is 9.59 Å². The predicted molar refractivity (Wildman–Crippen MR) is 128 cm³/mol. The average Bonchev–Trinajstić information content (AvgIpc) is 3.43.